The Morgan fingerprint density at radius 1 is 1.23 bits per heavy atom. The fraction of sp³-hybridized carbons (Fsp3) is 0.500. The molecule has 2 amide bonds. The maximum absolute atomic E-state index is 12.1. The standard InChI is InChI=1S/C16H23N3O3/c1-12(2)18-6-8-19(9-7-18)16(22)17-11-13-4-3-5-14(10-13)15(20)21/h3-5,10,12H,6-9,11H2,1-2H3,(H,17,22)(H,20,21). The average Bonchev–Trinajstić information content (AvgIpc) is 2.53. The predicted molar refractivity (Wildman–Crippen MR) is 83.9 cm³/mol. The van der Waals surface area contributed by atoms with E-state index in [1.807, 2.05) is 6.07 Å². The largest absolute Gasteiger partial charge is 0.478 e. The lowest BCUT2D eigenvalue weighted by atomic mass is 10.1. The molecule has 0 aliphatic carbocycles. The molecule has 1 aromatic rings. The van der Waals surface area contributed by atoms with Crippen LogP contribution in [0.3, 0.4) is 0 Å². The van der Waals surface area contributed by atoms with E-state index in [2.05, 4.69) is 24.1 Å². The van der Waals surface area contributed by atoms with Gasteiger partial charge in [0.15, 0.2) is 0 Å². The fourth-order valence-electron chi connectivity index (χ4n) is 2.55. The van der Waals surface area contributed by atoms with Crippen molar-refractivity contribution in [2.24, 2.45) is 0 Å². The van der Waals surface area contributed by atoms with Gasteiger partial charge in [0.1, 0.15) is 0 Å². The number of carbonyl (C=O) groups is 2. The molecule has 0 aromatic heterocycles. The van der Waals surface area contributed by atoms with Crippen molar-refractivity contribution in [3.63, 3.8) is 0 Å². The van der Waals surface area contributed by atoms with Gasteiger partial charge in [-0.15, -0.1) is 0 Å². The van der Waals surface area contributed by atoms with Gasteiger partial charge in [0, 0.05) is 38.8 Å². The molecule has 1 aromatic carbocycles. The minimum atomic E-state index is -0.960. The Bertz CT molecular complexity index is 537. The zero-order chi connectivity index (χ0) is 16.1. The quantitative estimate of drug-likeness (QED) is 0.886. The summed E-state index contributed by atoms with van der Waals surface area (Å²) in [6.45, 7) is 7.87. The van der Waals surface area contributed by atoms with Crippen LogP contribution >= 0.6 is 0 Å². The SMILES string of the molecule is CC(C)N1CCN(C(=O)NCc2cccc(C(=O)O)c2)CC1. The molecular formula is C16H23N3O3. The molecule has 0 spiro atoms. The van der Waals surface area contributed by atoms with Crippen molar-refractivity contribution < 1.29 is 14.7 Å². The smallest absolute Gasteiger partial charge is 0.335 e. The van der Waals surface area contributed by atoms with E-state index in [1.54, 1.807) is 23.1 Å². The van der Waals surface area contributed by atoms with Gasteiger partial charge < -0.3 is 15.3 Å². The predicted octanol–water partition coefficient (Wildman–Crippen LogP) is 1.62. The zero-order valence-electron chi connectivity index (χ0n) is 13.1. The molecule has 1 aliphatic rings. The molecule has 1 aliphatic heterocycles. The van der Waals surface area contributed by atoms with Crippen molar-refractivity contribution >= 4 is 12.0 Å². The third kappa shape index (κ3) is 4.21. The van der Waals surface area contributed by atoms with E-state index in [9.17, 15) is 9.59 Å². The van der Waals surface area contributed by atoms with Crippen molar-refractivity contribution in [3.05, 3.63) is 35.4 Å². The number of hydrogen-bond donors (Lipinski definition) is 2. The minimum Gasteiger partial charge on any atom is -0.478 e. The first-order chi connectivity index (χ1) is 10.5. The van der Waals surface area contributed by atoms with Crippen LogP contribution in [0, 0.1) is 0 Å². The summed E-state index contributed by atoms with van der Waals surface area (Å²) in [6.07, 6.45) is 0. The summed E-state index contributed by atoms with van der Waals surface area (Å²) in [4.78, 5) is 27.2. The molecule has 0 bridgehead atoms. The summed E-state index contributed by atoms with van der Waals surface area (Å²) in [5.74, 6) is -0.960. The Morgan fingerprint density at radius 3 is 2.50 bits per heavy atom. The van der Waals surface area contributed by atoms with E-state index in [4.69, 9.17) is 5.11 Å². The van der Waals surface area contributed by atoms with Crippen LogP contribution in [0.1, 0.15) is 29.8 Å². The third-order valence-corrected chi connectivity index (χ3v) is 3.95. The topological polar surface area (TPSA) is 72.9 Å². The van der Waals surface area contributed by atoms with Gasteiger partial charge in [-0.05, 0) is 31.5 Å². The molecular weight excluding hydrogens is 282 g/mol. The highest BCUT2D eigenvalue weighted by atomic mass is 16.4. The van der Waals surface area contributed by atoms with E-state index in [0.717, 1.165) is 31.7 Å². The molecule has 6 heteroatoms. The van der Waals surface area contributed by atoms with Crippen LogP contribution in [-0.4, -0.2) is 59.1 Å². The van der Waals surface area contributed by atoms with Crippen LogP contribution in [0.25, 0.3) is 0 Å². The van der Waals surface area contributed by atoms with E-state index in [1.165, 1.54) is 0 Å². The van der Waals surface area contributed by atoms with E-state index >= 15 is 0 Å². The molecule has 1 saturated heterocycles. The molecule has 0 saturated carbocycles. The lowest BCUT2D eigenvalue weighted by molar-refractivity contribution is 0.0696. The molecule has 2 N–H and O–H groups in total. The number of rotatable bonds is 4. The van der Waals surface area contributed by atoms with Crippen LogP contribution < -0.4 is 5.32 Å². The fourth-order valence-corrected chi connectivity index (χ4v) is 2.55. The number of carboxylic acid groups (broad SMARTS) is 1. The highest BCUT2D eigenvalue weighted by Gasteiger charge is 2.22. The van der Waals surface area contributed by atoms with Gasteiger partial charge in [-0.2, -0.15) is 0 Å². The monoisotopic (exact) mass is 305 g/mol. The molecule has 6 nitrogen and oxygen atoms in total. The Balaban J connectivity index is 1.83. The highest BCUT2D eigenvalue weighted by molar-refractivity contribution is 5.87. The average molecular weight is 305 g/mol. The molecule has 22 heavy (non-hydrogen) atoms. The lowest BCUT2D eigenvalue weighted by Gasteiger charge is -2.36. The van der Waals surface area contributed by atoms with Crippen LogP contribution in [0.15, 0.2) is 24.3 Å². The highest BCUT2D eigenvalue weighted by Crippen LogP contribution is 2.08. The number of nitrogens with zero attached hydrogens (tertiary/aromatic N) is 2. The van der Waals surface area contributed by atoms with Crippen molar-refractivity contribution in [3.8, 4) is 0 Å². The third-order valence-electron chi connectivity index (χ3n) is 3.95. The van der Waals surface area contributed by atoms with Crippen molar-refractivity contribution in [2.75, 3.05) is 26.2 Å². The van der Waals surface area contributed by atoms with Gasteiger partial charge >= 0.3 is 12.0 Å². The van der Waals surface area contributed by atoms with E-state index < -0.39 is 5.97 Å². The van der Waals surface area contributed by atoms with Crippen LogP contribution in [0.4, 0.5) is 4.79 Å². The Hall–Kier alpha value is -2.08. The number of amides is 2. The molecule has 1 heterocycles. The van der Waals surface area contributed by atoms with Gasteiger partial charge in [0.2, 0.25) is 0 Å². The van der Waals surface area contributed by atoms with Crippen molar-refractivity contribution in [1.82, 2.24) is 15.1 Å². The van der Waals surface area contributed by atoms with Gasteiger partial charge in [-0.3, -0.25) is 4.90 Å². The van der Waals surface area contributed by atoms with Crippen LogP contribution in [0.5, 0.6) is 0 Å². The Labute approximate surface area is 130 Å². The first-order valence-electron chi connectivity index (χ1n) is 7.56. The summed E-state index contributed by atoms with van der Waals surface area (Å²) in [5.41, 5.74) is 1.02. The number of hydrogen-bond acceptors (Lipinski definition) is 3. The first-order valence-corrected chi connectivity index (χ1v) is 7.56. The number of urea groups is 1. The number of carboxylic acids is 1. The van der Waals surface area contributed by atoms with Gasteiger partial charge in [0.25, 0.3) is 0 Å². The minimum absolute atomic E-state index is 0.0934. The summed E-state index contributed by atoms with van der Waals surface area (Å²) in [6, 6.07) is 7.03. The number of aromatic carboxylic acids is 1. The molecule has 1 fully saturated rings. The second-order valence-corrected chi connectivity index (χ2v) is 5.78. The van der Waals surface area contributed by atoms with Crippen LogP contribution in [0.2, 0.25) is 0 Å². The summed E-state index contributed by atoms with van der Waals surface area (Å²) < 4.78 is 0. The zero-order valence-corrected chi connectivity index (χ0v) is 13.1. The Kier molecular flexibility index (Phi) is 5.38. The molecule has 120 valence electrons. The van der Waals surface area contributed by atoms with Gasteiger partial charge in [-0.1, -0.05) is 12.1 Å². The molecule has 0 radical (unpaired) electrons. The summed E-state index contributed by atoms with van der Waals surface area (Å²) >= 11 is 0. The van der Waals surface area contributed by atoms with Crippen LogP contribution in [-0.2, 0) is 6.54 Å². The second-order valence-electron chi connectivity index (χ2n) is 5.78. The maximum atomic E-state index is 12.1. The first kappa shape index (κ1) is 16.3. The van der Waals surface area contributed by atoms with E-state index in [-0.39, 0.29) is 11.6 Å². The summed E-state index contributed by atoms with van der Waals surface area (Å²) in [7, 11) is 0. The van der Waals surface area contributed by atoms with Crippen molar-refractivity contribution in [1.29, 1.82) is 0 Å². The lowest BCUT2D eigenvalue weighted by Crippen LogP contribution is -2.53. The maximum Gasteiger partial charge on any atom is 0.335 e. The van der Waals surface area contributed by atoms with Crippen molar-refractivity contribution in [2.45, 2.75) is 26.4 Å². The van der Waals surface area contributed by atoms with Gasteiger partial charge in [0.05, 0.1) is 5.56 Å². The number of piperazine rings is 1. The molecule has 0 atom stereocenters. The summed E-state index contributed by atoms with van der Waals surface area (Å²) in [5, 5.41) is 11.8. The van der Waals surface area contributed by atoms with Gasteiger partial charge in [-0.25, -0.2) is 9.59 Å². The molecule has 2 rings (SSSR count). The number of benzene rings is 1. The number of carbonyl (C=O) groups excluding carboxylic acids is 1. The normalized spacial score (nSPS) is 15.9. The molecule has 0 unspecified atom stereocenters. The second kappa shape index (κ2) is 7.26. The number of nitrogens with one attached hydrogen (secondary N) is 1. The van der Waals surface area contributed by atoms with E-state index in [0.29, 0.717) is 12.6 Å². The Morgan fingerprint density at radius 2 is 1.91 bits per heavy atom.